The fourth-order valence-electron chi connectivity index (χ4n) is 2.96. The van der Waals surface area contributed by atoms with Gasteiger partial charge < -0.3 is 25.4 Å². The summed E-state index contributed by atoms with van der Waals surface area (Å²) in [6, 6.07) is -0.305. The smallest absolute Gasteiger partial charge is 0.347 e. The first kappa shape index (κ1) is 21.2. The van der Waals surface area contributed by atoms with Crippen molar-refractivity contribution in [2.45, 2.75) is 31.4 Å². The highest BCUT2D eigenvalue weighted by molar-refractivity contribution is 7.17. The van der Waals surface area contributed by atoms with E-state index in [2.05, 4.69) is 15.3 Å². The topological polar surface area (TPSA) is 119 Å². The average Bonchev–Trinajstić information content (AvgIpc) is 3.20. The molecule has 0 aromatic carbocycles. The largest absolute Gasteiger partial charge is 0.477 e. The first-order valence-corrected chi connectivity index (χ1v) is 10.3. The average molecular weight is 468 g/mol. The summed E-state index contributed by atoms with van der Waals surface area (Å²) < 4.78 is 0. The van der Waals surface area contributed by atoms with Crippen LogP contribution in [-0.4, -0.2) is 56.6 Å². The minimum Gasteiger partial charge on any atom is -0.477 e. The first-order valence-electron chi connectivity index (χ1n) is 8.30. The number of aryl methyl sites for hydroxylation is 1. The number of hydrogen-bond acceptors (Lipinski definition) is 6. The second-order valence-corrected chi connectivity index (χ2v) is 8.61. The van der Waals surface area contributed by atoms with Crippen LogP contribution in [0, 0.1) is 6.92 Å². The number of thiazole rings is 1. The number of carboxylic acid groups (broad SMARTS) is 1. The Morgan fingerprint density at radius 2 is 2.11 bits per heavy atom. The van der Waals surface area contributed by atoms with E-state index in [-0.39, 0.29) is 27.3 Å². The number of aliphatic hydroxyl groups excluding tert-OH is 1. The number of aromatic amines is 1. The Balaban J connectivity index is 1.67. The number of nitrogens with one attached hydrogen (secondary N) is 2. The summed E-state index contributed by atoms with van der Waals surface area (Å²) in [4.78, 5) is 32.7. The van der Waals surface area contributed by atoms with Crippen molar-refractivity contribution in [3.8, 4) is 0 Å². The maximum Gasteiger partial charge on any atom is 0.347 e. The molecule has 12 heteroatoms. The summed E-state index contributed by atoms with van der Waals surface area (Å²) in [5, 5.41) is 21.9. The minimum absolute atomic E-state index is 0.00711. The number of carboxylic acids is 1. The lowest BCUT2D eigenvalue weighted by atomic mass is 10.0. The zero-order valence-corrected chi connectivity index (χ0v) is 17.7. The Morgan fingerprint density at radius 3 is 2.61 bits per heavy atom. The van der Waals surface area contributed by atoms with Crippen molar-refractivity contribution in [2.24, 2.45) is 0 Å². The molecule has 2 aromatic rings. The third-order valence-electron chi connectivity index (χ3n) is 4.44. The Hall–Kier alpha value is -1.52. The van der Waals surface area contributed by atoms with E-state index in [0.717, 1.165) is 11.3 Å². The van der Waals surface area contributed by atoms with Gasteiger partial charge in [0, 0.05) is 24.8 Å². The molecule has 2 atom stereocenters. The Kier molecular flexibility index (Phi) is 6.41. The molecular formula is C16H17Cl3N4O4S. The number of carbonyl (C=O) groups is 2. The quantitative estimate of drug-likeness (QED) is 0.502. The molecular weight excluding hydrogens is 451 g/mol. The molecule has 2 aromatic heterocycles. The number of hydrogen-bond donors (Lipinski definition) is 4. The second-order valence-electron chi connectivity index (χ2n) is 6.32. The van der Waals surface area contributed by atoms with E-state index in [0.29, 0.717) is 35.4 Å². The van der Waals surface area contributed by atoms with Gasteiger partial charge in [-0.15, -0.1) is 11.6 Å². The van der Waals surface area contributed by atoms with Crippen LogP contribution < -0.4 is 10.2 Å². The predicted octanol–water partition coefficient (Wildman–Crippen LogP) is 2.89. The number of alkyl halides is 1. The van der Waals surface area contributed by atoms with Gasteiger partial charge in [0.2, 0.25) is 0 Å². The van der Waals surface area contributed by atoms with Gasteiger partial charge in [0.15, 0.2) is 5.13 Å². The highest BCUT2D eigenvalue weighted by Crippen LogP contribution is 2.31. The van der Waals surface area contributed by atoms with E-state index >= 15 is 0 Å². The molecule has 2 unspecified atom stereocenters. The molecule has 8 nitrogen and oxygen atoms in total. The number of carbonyl (C=O) groups excluding carboxylic acids is 1. The monoisotopic (exact) mass is 466 g/mol. The molecule has 0 radical (unpaired) electrons. The van der Waals surface area contributed by atoms with Gasteiger partial charge in [-0.25, -0.2) is 9.78 Å². The van der Waals surface area contributed by atoms with Crippen molar-refractivity contribution in [3.05, 3.63) is 32.0 Å². The highest BCUT2D eigenvalue weighted by atomic mass is 35.5. The van der Waals surface area contributed by atoms with Crippen LogP contribution in [0.1, 0.15) is 38.0 Å². The van der Waals surface area contributed by atoms with Crippen LogP contribution in [0.25, 0.3) is 0 Å². The molecule has 0 aliphatic carbocycles. The molecule has 1 fully saturated rings. The summed E-state index contributed by atoms with van der Waals surface area (Å²) in [7, 11) is 0. The lowest BCUT2D eigenvalue weighted by Crippen LogP contribution is -2.52. The third-order valence-corrected chi connectivity index (χ3v) is 6.98. The summed E-state index contributed by atoms with van der Waals surface area (Å²) in [6.07, 6.45) is 0.529. The van der Waals surface area contributed by atoms with Crippen LogP contribution in [0.15, 0.2) is 0 Å². The number of aromatic nitrogens is 2. The van der Waals surface area contributed by atoms with Crippen molar-refractivity contribution in [1.29, 1.82) is 0 Å². The van der Waals surface area contributed by atoms with E-state index in [1.54, 1.807) is 6.92 Å². The van der Waals surface area contributed by atoms with Crippen molar-refractivity contribution >= 4 is 63.1 Å². The Bertz CT molecular complexity index is 916. The maximum atomic E-state index is 12.5. The molecule has 0 saturated carbocycles. The molecule has 152 valence electrons. The number of anilines is 1. The first-order chi connectivity index (χ1) is 13.2. The fraction of sp³-hybridized carbons (Fsp3) is 0.438. The zero-order valence-electron chi connectivity index (χ0n) is 14.6. The van der Waals surface area contributed by atoms with Crippen LogP contribution in [0.2, 0.25) is 10.0 Å². The number of rotatable bonds is 5. The lowest BCUT2D eigenvalue weighted by molar-refractivity contribution is 0.0698. The highest BCUT2D eigenvalue weighted by Gasteiger charge is 2.32. The molecule has 3 rings (SSSR count). The third kappa shape index (κ3) is 4.08. The maximum absolute atomic E-state index is 12.5. The number of H-pyrrole nitrogens is 1. The van der Waals surface area contributed by atoms with E-state index in [1.165, 1.54) is 0 Å². The van der Waals surface area contributed by atoms with Crippen molar-refractivity contribution in [2.75, 3.05) is 18.0 Å². The van der Waals surface area contributed by atoms with Gasteiger partial charge in [-0.05, 0) is 13.3 Å². The summed E-state index contributed by atoms with van der Waals surface area (Å²) in [5.41, 5.74) is 0.920. The summed E-state index contributed by atoms with van der Waals surface area (Å²) in [5.74, 6) is -1.52. The van der Waals surface area contributed by atoms with Crippen LogP contribution in [-0.2, 0) is 6.61 Å². The number of amides is 1. The molecule has 1 saturated heterocycles. The number of aliphatic hydroxyl groups is 1. The van der Waals surface area contributed by atoms with Gasteiger partial charge in [-0.1, -0.05) is 34.5 Å². The molecule has 1 aliphatic rings. The van der Waals surface area contributed by atoms with Crippen LogP contribution in [0.5, 0.6) is 0 Å². The predicted molar refractivity (Wildman–Crippen MR) is 108 cm³/mol. The summed E-state index contributed by atoms with van der Waals surface area (Å²) >= 11 is 19.5. The van der Waals surface area contributed by atoms with Crippen LogP contribution in [0.4, 0.5) is 5.13 Å². The Labute approximate surface area is 179 Å². The SMILES string of the molecule is Cc1[nH]c(C(=O)NC2CCN(c3nc(CO)c(C(=O)O)s3)CC2Cl)c(Cl)c1Cl. The fourth-order valence-corrected chi connectivity index (χ4v) is 4.68. The van der Waals surface area contributed by atoms with Gasteiger partial charge in [-0.2, -0.15) is 0 Å². The molecule has 0 spiro atoms. The number of aromatic carboxylic acids is 1. The molecule has 4 N–H and O–H groups in total. The molecule has 3 heterocycles. The zero-order chi connectivity index (χ0) is 20.6. The van der Waals surface area contributed by atoms with E-state index in [9.17, 15) is 19.8 Å². The van der Waals surface area contributed by atoms with Gasteiger partial charge in [0.25, 0.3) is 5.91 Å². The molecule has 1 aliphatic heterocycles. The van der Waals surface area contributed by atoms with Gasteiger partial charge in [0.1, 0.15) is 10.6 Å². The molecule has 28 heavy (non-hydrogen) atoms. The van der Waals surface area contributed by atoms with Gasteiger partial charge >= 0.3 is 5.97 Å². The Morgan fingerprint density at radius 1 is 1.39 bits per heavy atom. The summed E-state index contributed by atoms with van der Waals surface area (Å²) in [6.45, 7) is 2.15. The second kappa shape index (κ2) is 8.46. The van der Waals surface area contributed by atoms with Crippen molar-refractivity contribution < 1.29 is 19.8 Å². The number of nitrogens with zero attached hydrogens (tertiary/aromatic N) is 2. The molecule has 1 amide bonds. The van der Waals surface area contributed by atoms with Gasteiger partial charge in [0.05, 0.1) is 27.7 Å². The van der Waals surface area contributed by atoms with Crippen LogP contribution in [0.3, 0.4) is 0 Å². The minimum atomic E-state index is -1.13. The van der Waals surface area contributed by atoms with Crippen LogP contribution >= 0.6 is 46.1 Å². The van der Waals surface area contributed by atoms with Gasteiger partial charge in [-0.3, -0.25) is 4.79 Å². The lowest BCUT2D eigenvalue weighted by Gasteiger charge is -2.35. The normalized spacial score (nSPS) is 19.7. The van der Waals surface area contributed by atoms with E-state index < -0.39 is 23.9 Å². The van der Waals surface area contributed by atoms with Crippen molar-refractivity contribution in [1.82, 2.24) is 15.3 Å². The molecule has 0 bridgehead atoms. The number of piperidine rings is 1. The number of halogens is 3. The van der Waals surface area contributed by atoms with E-state index in [4.69, 9.17) is 34.8 Å². The standard InChI is InChI=1S/C16H17Cl3N4O4S/c1-6-10(18)11(19)12(20-6)14(25)21-8-2-3-23(4-7(8)17)16-22-9(5-24)13(28-16)15(26)27/h7-8,20,24H,2-5H2,1H3,(H,21,25)(H,26,27). The van der Waals surface area contributed by atoms with E-state index in [1.807, 2.05) is 4.90 Å². The van der Waals surface area contributed by atoms with Crippen molar-refractivity contribution in [3.63, 3.8) is 0 Å².